The van der Waals surface area contributed by atoms with Crippen LogP contribution >= 0.6 is 0 Å². The second-order valence-corrected chi connectivity index (χ2v) is 7.66. The molecule has 1 aromatic carbocycles. The Morgan fingerprint density at radius 1 is 1.41 bits per heavy atom. The van der Waals surface area contributed by atoms with Gasteiger partial charge in [-0.1, -0.05) is 6.07 Å². The maximum Gasteiger partial charge on any atom is 0.328 e. The lowest BCUT2D eigenvalue weighted by molar-refractivity contribution is -0.145. The first-order valence-electron chi connectivity index (χ1n) is 6.84. The van der Waals surface area contributed by atoms with Crippen LogP contribution in [0.25, 0.3) is 0 Å². The van der Waals surface area contributed by atoms with Crippen LogP contribution in [0.15, 0.2) is 18.2 Å². The molecule has 2 aliphatic rings. The summed E-state index contributed by atoms with van der Waals surface area (Å²) in [6.45, 7) is 1.90. The van der Waals surface area contributed by atoms with E-state index < -0.39 is 32.5 Å². The molecule has 3 atom stereocenters. The number of carbonyl (C=O) groups is 1. The van der Waals surface area contributed by atoms with Crippen LogP contribution in [-0.2, 0) is 19.4 Å². The van der Waals surface area contributed by atoms with Gasteiger partial charge in [0.25, 0.3) is 0 Å². The summed E-state index contributed by atoms with van der Waals surface area (Å²) >= 11 is 0. The standard InChI is InChI=1S/C14H17NO6S/c1-3-19-13(16)14(15)11(12(14)22(2,17)18)8-4-5-9-10(6-8)21-7-20-9/h4-6,11-12H,3,7,15H2,1-2H3/t11-,12-,14+/m1/s1. The van der Waals surface area contributed by atoms with E-state index in [1.54, 1.807) is 25.1 Å². The minimum atomic E-state index is -3.51. The molecule has 2 N–H and O–H groups in total. The van der Waals surface area contributed by atoms with Crippen molar-refractivity contribution in [3.8, 4) is 11.5 Å². The summed E-state index contributed by atoms with van der Waals surface area (Å²) in [5.74, 6) is -0.258. The lowest BCUT2D eigenvalue weighted by Crippen LogP contribution is -2.41. The summed E-state index contributed by atoms with van der Waals surface area (Å²) in [6.07, 6.45) is 1.07. The lowest BCUT2D eigenvalue weighted by Gasteiger charge is -2.10. The summed E-state index contributed by atoms with van der Waals surface area (Å²) < 4.78 is 39.4. The molecule has 0 bridgehead atoms. The second-order valence-electron chi connectivity index (χ2n) is 5.49. The minimum absolute atomic E-state index is 0.116. The highest BCUT2D eigenvalue weighted by molar-refractivity contribution is 7.91. The van der Waals surface area contributed by atoms with E-state index in [4.69, 9.17) is 19.9 Å². The fraction of sp³-hybridized carbons (Fsp3) is 0.500. The molecule has 22 heavy (non-hydrogen) atoms. The highest BCUT2D eigenvalue weighted by Gasteiger charge is 2.73. The topological polar surface area (TPSA) is 105 Å². The SMILES string of the molecule is CCOC(=O)[C@]1(N)[C@H](c2ccc3c(c2)OCO3)[C@H]1S(C)(=O)=O. The molecule has 1 aliphatic carbocycles. The van der Waals surface area contributed by atoms with E-state index in [-0.39, 0.29) is 13.4 Å². The molecule has 1 heterocycles. The summed E-state index contributed by atoms with van der Waals surface area (Å²) in [5.41, 5.74) is 5.16. The molecule has 120 valence electrons. The predicted octanol–water partition coefficient (Wildman–Crippen LogP) is 0.186. The highest BCUT2D eigenvalue weighted by atomic mass is 32.2. The van der Waals surface area contributed by atoms with Crippen molar-refractivity contribution in [2.75, 3.05) is 19.7 Å². The van der Waals surface area contributed by atoms with Crippen LogP contribution in [0.2, 0.25) is 0 Å². The Balaban J connectivity index is 1.99. The number of nitrogens with two attached hydrogens (primary N) is 1. The van der Waals surface area contributed by atoms with Crippen LogP contribution in [0.3, 0.4) is 0 Å². The van der Waals surface area contributed by atoms with Crippen molar-refractivity contribution in [2.45, 2.75) is 23.6 Å². The van der Waals surface area contributed by atoms with Crippen molar-refractivity contribution < 1.29 is 27.4 Å². The summed E-state index contributed by atoms with van der Waals surface area (Å²) in [4.78, 5) is 12.1. The molecule has 0 saturated heterocycles. The van der Waals surface area contributed by atoms with Gasteiger partial charge in [-0.25, -0.2) is 13.2 Å². The zero-order chi connectivity index (χ0) is 16.1. The van der Waals surface area contributed by atoms with Crippen LogP contribution in [0.5, 0.6) is 11.5 Å². The molecule has 1 aromatic rings. The minimum Gasteiger partial charge on any atom is -0.465 e. The molecule has 1 fully saturated rings. The number of fused-ring (bicyclic) bond motifs is 1. The number of ether oxygens (including phenoxy) is 3. The Kier molecular flexibility index (Phi) is 3.33. The van der Waals surface area contributed by atoms with E-state index in [0.29, 0.717) is 17.1 Å². The monoisotopic (exact) mass is 327 g/mol. The molecule has 8 heteroatoms. The van der Waals surface area contributed by atoms with Crippen molar-refractivity contribution in [1.29, 1.82) is 0 Å². The molecule has 0 radical (unpaired) electrons. The van der Waals surface area contributed by atoms with Gasteiger partial charge in [0, 0.05) is 12.2 Å². The number of esters is 1. The maximum atomic E-state index is 12.1. The smallest absolute Gasteiger partial charge is 0.328 e. The third kappa shape index (κ3) is 2.14. The van der Waals surface area contributed by atoms with E-state index in [1.807, 2.05) is 0 Å². The number of hydrogen-bond acceptors (Lipinski definition) is 7. The summed E-state index contributed by atoms with van der Waals surface area (Å²) in [6, 6.07) is 5.05. The Bertz CT molecular complexity index is 731. The average molecular weight is 327 g/mol. The van der Waals surface area contributed by atoms with Crippen molar-refractivity contribution in [3.05, 3.63) is 23.8 Å². The van der Waals surface area contributed by atoms with Gasteiger partial charge in [0.05, 0.1) is 11.9 Å². The van der Waals surface area contributed by atoms with Gasteiger partial charge in [-0.15, -0.1) is 0 Å². The largest absolute Gasteiger partial charge is 0.465 e. The molecule has 0 amide bonds. The molecular formula is C14H17NO6S. The summed E-state index contributed by atoms with van der Waals surface area (Å²) in [5, 5.41) is -1.00. The molecule has 0 unspecified atom stereocenters. The van der Waals surface area contributed by atoms with E-state index in [1.165, 1.54) is 0 Å². The maximum absolute atomic E-state index is 12.1. The third-order valence-electron chi connectivity index (χ3n) is 4.03. The van der Waals surface area contributed by atoms with Crippen LogP contribution in [0, 0.1) is 0 Å². The average Bonchev–Trinajstić information content (AvgIpc) is 2.87. The number of rotatable bonds is 4. The zero-order valence-electron chi connectivity index (χ0n) is 12.2. The number of carbonyl (C=O) groups excluding carboxylic acids is 1. The predicted molar refractivity (Wildman–Crippen MR) is 77.5 cm³/mol. The van der Waals surface area contributed by atoms with Crippen molar-refractivity contribution >= 4 is 15.8 Å². The summed E-state index contributed by atoms with van der Waals surface area (Å²) in [7, 11) is -3.51. The normalized spacial score (nSPS) is 29.2. The van der Waals surface area contributed by atoms with Gasteiger partial charge in [0.15, 0.2) is 21.3 Å². The Labute approximate surface area is 128 Å². The van der Waals surface area contributed by atoms with Crippen molar-refractivity contribution in [1.82, 2.24) is 0 Å². The molecular weight excluding hydrogens is 310 g/mol. The van der Waals surface area contributed by atoms with Gasteiger partial charge in [0.2, 0.25) is 6.79 Å². The van der Waals surface area contributed by atoms with E-state index in [2.05, 4.69) is 0 Å². The second kappa shape index (κ2) is 4.85. The molecule has 0 spiro atoms. The highest BCUT2D eigenvalue weighted by Crippen LogP contribution is 2.55. The van der Waals surface area contributed by atoms with Gasteiger partial charge >= 0.3 is 5.97 Å². The zero-order valence-corrected chi connectivity index (χ0v) is 13.1. The van der Waals surface area contributed by atoms with E-state index in [9.17, 15) is 13.2 Å². The number of benzene rings is 1. The Morgan fingerprint density at radius 3 is 2.73 bits per heavy atom. The van der Waals surface area contributed by atoms with Gasteiger partial charge in [0.1, 0.15) is 5.54 Å². The quantitative estimate of drug-likeness (QED) is 0.787. The first-order valence-corrected chi connectivity index (χ1v) is 8.80. The first kappa shape index (κ1) is 15.1. The lowest BCUT2D eigenvalue weighted by atomic mass is 10.1. The van der Waals surface area contributed by atoms with Crippen LogP contribution in [0.1, 0.15) is 18.4 Å². The van der Waals surface area contributed by atoms with Crippen molar-refractivity contribution in [3.63, 3.8) is 0 Å². The van der Waals surface area contributed by atoms with Gasteiger partial charge < -0.3 is 19.9 Å². The van der Waals surface area contributed by atoms with Gasteiger partial charge in [-0.05, 0) is 24.6 Å². The molecule has 7 nitrogen and oxygen atoms in total. The Morgan fingerprint density at radius 2 is 2.09 bits per heavy atom. The van der Waals surface area contributed by atoms with Gasteiger partial charge in [-0.2, -0.15) is 0 Å². The Hall–Kier alpha value is -1.80. The molecule has 0 aromatic heterocycles. The molecule has 1 saturated carbocycles. The fourth-order valence-electron chi connectivity index (χ4n) is 3.03. The van der Waals surface area contributed by atoms with Crippen LogP contribution in [-0.4, -0.2) is 44.8 Å². The number of sulfone groups is 1. The van der Waals surface area contributed by atoms with Gasteiger partial charge in [-0.3, -0.25) is 0 Å². The fourth-order valence-corrected chi connectivity index (χ4v) is 4.78. The van der Waals surface area contributed by atoms with Crippen molar-refractivity contribution in [2.24, 2.45) is 5.73 Å². The molecule has 1 aliphatic heterocycles. The van der Waals surface area contributed by atoms with E-state index in [0.717, 1.165) is 6.26 Å². The van der Waals surface area contributed by atoms with Crippen LogP contribution in [0.4, 0.5) is 0 Å². The third-order valence-corrected chi connectivity index (χ3v) is 5.61. The van der Waals surface area contributed by atoms with Crippen LogP contribution < -0.4 is 15.2 Å². The van der Waals surface area contributed by atoms with E-state index >= 15 is 0 Å². The number of hydrogen-bond donors (Lipinski definition) is 1. The molecule has 3 rings (SSSR count). The first-order chi connectivity index (χ1) is 10.3.